The van der Waals surface area contributed by atoms with Crippen LogP contribution in [0.3, 0.4) is 0 Å². The number of hydrogen-bond donors (Lipinski definition) is 0. The molecule has 0 spiro atoms. The lowest BCUT2D eigenvalue weighted by Crippen LogP contribution is -2.31. The highest BCUT2D eigenvalue weighted by Gasteiger charge is 2.43. The molecule has 1 aliphatic carbocycles. The van der Waals surface area contributed by atoms with Crippen molar-refractivity contribution >= 4 is 0 Å². The number of rotatable bonds is 29. The number of unbranched alkanes of at least 4 members (excludes halogenated alkanes) is 4. The molecule has 0 fully saturated rings. The van der Waals surface area contributed by atoms with Gasteiger partial charge >= 0.3 is 0 Å². The molecule has 1 aliphatic rings. The van der Waals surface area contributed by atoms with Crippen LogP contribution in [-0.2, 0) is 16.2 Å². The molecule has 4 rings (SSSR count). The molecule has 1 aromatic heterocycles. The van der Waals surface area contributed by atoms with Crippen molar-refractivity contribution in [2.45, 2.75) is 135 Å². The molecular weight excluding hydrogens is 773 g/mol. The van der Waals surface area contributed by atoms with Gasteiger partial charge < -0.3 is 29.4 Å². The molecule has 1 heterocycles. The van der Waals surface area contributed by atoms with Gasteiger partial charge in [-0.3, -0.25) is 9.97 Å². The van der Waals surface area contributed by atoms with Crippen LogP contribution >= 0.6 is 0 Å². The lowest BCUT2D eigenvalue weighted by Gasteiger charge is -2.34. The second kappa shape index (κ2) is 25.3. The van der Waals surface area contributed by atoms with Crippen LogP contribution in [-0.4, -0.2) is 161 Å². The fourth-order valence-corrected chi connectivity index (χ4v) is 9.64. The summed E-state index contributed by atoms with van der Waals surface area (Å²) in [6, 6.07) is 14.8. The number of hydrogen-bond acceptors (Lipinski definition) is 8. The summed E-state index contributed by atoms with van der Waals surface area (Å²) in [5.41, 5.74) is 10.6. The summed E-state index contributed by atoms with van der Waals surface area (Å²) >= 11 is 0. The molecule has 0 saturated carbocycles. The average Bonchev–Trinajstić information content (AvgIpc) is 3.47. The van der Waals surface area contributed by atoms with E-state index in [4.69, 9.17) is 9.97 Å². The van der Waals surface area contributed by atoms with Crippen molar-refractivity contribution in [3.63, 3.8) is 0 Å². The zero-order valence-electron chi connectivity index (χ0n) is 43.3. The first-order valence-corrected chi connectivity index (χ1v) is 25.0. The Labute approximate surface area is 388 Å². The smallest absolute Gasteiger partial charge is 0.0885 e. The van der Waals surface area contributed by atoms with Crippen LogP contribution < -0.4 is 0 Å². The Bertz CT molecular complexity index is 1680. The van der Waals surface area contributed by atoms with Crippen molar-refractivity contribution in [3.05, 3.63) is 71.2 Å². The first kappa shape index (κ1) is 52.9. The highest BCUT2D eigenvalue weighted by Crippen LogP contribution is 2.55. The largest absolute Gasteiger partial charge is 0.309 e. The Morgan fingerprint density at radius 3 is 1.25 bits per heavy atom. The maximum absolute atomic E-state index is 5.03. The summed E-state index contributed by atoms with van der Waals surface area (Å²) in [4.78, 5) is 24.8. The number of fused-ring (bicyclic) bond motifs is 3. The van der Waals surface area contributed by atoms with Crippen LogP contribution in [0.4, 0.5) is 0 Å². The van der Waals surface area contributed by atoms with E-state index in [1.165, 1.54) is 144 Å². The van der Waals surface area contributed by atoms with Gasteiger partial charge in [-0.1, -0.05) is 97.6 Å². The predicted octanol–water partition coefficient (Wildman–Crippen LogP) is 10.5. The monoisotopic (exact) mass is 867 g/mol. The van der Waals surface area contributed by atoms with Gasteiger partial charge in [0.25, 0.3) is 0 Å². The highest BCUT2D eigenvalue weighted by molar-refractivity contribution is 5.84. The molecule has 0 unspecified atom stereocenters. The Balaban J connectivity index is 1.64. The van der Waals surface area contributed by atoms with Crippen LogP contribution in [0.2, 0.25) is 0 Å². The first-order chi connectivity index (χ1) is 29.8. The second-order valence-electron chi connectivity index (χ2n) is 22.3. The molecular formula is C55H94N8. The fourth-order valence-electron chi connectivity index (χ4n) is 9.64. The molecule has 0 saturated heterocycles. The van der Waals surface area contributed by atoms with Crippen LogP contribution in [0.5, 0.6) is 0 Å². The van der Waals surface area contributed by atoms with Crippen molar-refractivity contribution < 1.29 is 0 Å². The minimum absolute atomic E-state index is 0.0318. The fraction of sp³-hybridized carbons (Fsp3) is 0.709. The minimum atomic E-state index is -0.0328. The van der Waals surface area contributed by atoms with Crippen LogP contribution in [0, 0.1) is 0 Å². The minimum Gasteiger partial charge on any atom is -0.309 e. The summed E-state index contributed by atoms with van der Waals surface area (Å²) in [6.45, 7) is 25.5. The number of nitrogens with zero attached hydrogens (tertiary/aromatic N) is 8. The summed E-state index contributed by atoms with van der Waals surface area (Å²) < 4.78 is 0. The van der Waals surface area contributed by atoms with Gasteiger partial charge in [0.2, 0.25) is 0 Å². The number of benzene rings is 2. The third kappa shape index (κ3) is 16.9. The molecule has 0 bridgehead atoms. The van der Waals surface area contributed by atoms with E-state index < -0.39 is 0 Å². The standard InChI is InChI=1S/C55H94N8/c1-53(2,3)46-26-28-48-47-27-25-45(51-43-57-52(44-56-51)54(4,5)6)41-49(47)55(50(48)42-46,29-17-15-19-35-62(37-21-31-58(7)8)38-22-32-59(9)10)30-18-16-20-36-63(39-23-33-60(11)12)40-24-34-61(13)14/h25-28,41-44H,15-24,29-40H2,1-14H3. The molecule has 0 atom stereocenters. The molecule has 3 aromatic rings. The molecule has 2 aromatic carbocycles. The maximum atomic E-state index is 5.03. The Hall–Kier alpha value is -2.72. The molecule has 0 radical (unpaired) electrons. The quantitative estimate of drug-likeness (QED) is 0.0640. The van der Waals surface area contributed by atoms with Gasteiger partial charge in [0.05, 0.1) is 17.6 Å². The third-order valence-electron chi connectivity index (χ3n) is 13.4. The lowest BCUT2D eigenvalue weighted by atomic mass is 9.69. The van der Waals surface area contributed by atoms with E-state index in [-0.39, 0.29) is 16.2 Å². The SMILES string of the molecule is CN(C)CCCN(CCCCCC1(CCCCCN(CCCN(C)C)CCCN(C)C)c2cc(-c3cnc(C(C)(C)C)cn3)ccc2-c2ccc(C(C)(C)C)cc21)CCCN(C)C. The molecule has 0 N–H and O–H groups in total. The molecule has 8 heteroatoms. The lowest BCUT2D eigenvalue weighted by molar-refractivity contribution is 0.234. The Kier molecular flexibility index (Phi) is 21.2. The molecule has 8 nitrogen and oxygen atoms in total. The van der Waals surface area contributed by atoms with Crippen molar-refractivity contribution in [2.24, 2.45) is 0 Å². The van der Waals surface area contributed by atoms with E-state index in [2.05, 4.69) is 164 Å². The molecule has 63 heavy (non-hydrogen) atoms. The van der Waals surface area contributed by atoms with Crippen molar-refractivity contribution in [2.75, 3.05) is 122 Å². The van der Waals surface area contributed by atoms with E-state index in [0.29, 0.717) is 0 Å². The van der Waals surface area contributed by atoms with Crippen LogP contribution in [0.25, 0.3) is 22.4 Å². The van der Waals surface area contributed by atoms with Gasteiger partial charge in [-0.25, -0.2) is 0 Å². The van der Waals surface area contributed by atoms with Gasteiger partial charge in [0.15, 0.2) is 0 Å². The van der Waals surface area contributed by atoms with Crippen molar-refractivity contribution in [1.29, 1.82) is 0 Å². The summed E-state index contributed by atoms with van der Waals surface area (Å²) in [6.07, 6.45) is 18.8. The summed E-state index contributed by atoms with van der Waals surface area (Å²) in [7, 11) is 17.6. The van der Waals surface area contributed by atoms with E-state index in [1.54, 1.807) is 5.56 Å². The normalized spacial score (nSPS) is 14.0. The van der Waals surface area contributed by atoms with Crippen molar-refractivity contribution in [3.8, 4) is 22.4 Å². The zero-order chi connectivity index (χ0) is 46.2. The van der Waals surface area contributed by atoms with Gasteiger partial charge in [-0.15, -0.1) is 0 Å². The van der Waals surface area contributed by atoms with Crippen LogP contribution in [0.1, 0.15) is 141 Å². The van der Waals surface area contributed by atoms with E-state index >= 15 is 0 Å². The van der Waals surface area contributed by atoms with Gasteiger partial charge in [-0.2, -0.15) is 0 Å². The molecule has 0 aliphatic heterocycles. The Morgan fingerprint density at radius 1 is 0.429 bits per heavy atom. The molecule has 0 amide bonds. The zero-order valence-corrected chi connectivity index (χ0v) is 43.3. The summed E-state index contributed by atoms with van der Waals surface area (Å²) in [5.74, 6) is 0. The predicted molar refractivity (Wildman–Crippen MR) is 274 cm³/mol. The topological polar surface area (TPSA) is 45.2 Å². The summed E-state index contributed by atoms with van der Waals surface area (Å²) in [5, 5.41) is 0. The van der Waals surface area contributed by atoms with E-state index in [9.17, 15) is 0 Å². The average molecular weight is 867 g/mol. The van der Waals surface area contributed by atoms with Crippen LogP contribution in [0.15, 0.2) is 48.8 Å². The second-order valence-corrected chi connectivity index (χ2v) is 22.3. The van der Waals surface area contributed by atoms with Crippen molar-refractivity contribution in [1.82, 2.24) is 39.4 Å². The number of aromatic nitrogens is 2. The third-order valence-corrected chi connectivity index (χ3v) is 13.4. The first-order valence-electron chi connectivity index (χ1n) is 25.0. The van der Waals surface area contributed by atoms with Gasteiger partial charge in [0, 0.05) is 22.6 Å². The Morgan fingerprint density at radius 2 is 0.857 bits per heavy atom. The highest BCUT2D eigenvalue weighted by atomic mass is 15.1. The van der Waals surface area contributed by atoms with Gasteiger partial charge in [-0.05, 0) is 212 Å². The van der Waals surface area contributed by atoms with E-state index in [0.717, 1.165) is 37.6 Å². The maximum Gasteiger partial charge on any atom is 0.0885 e. The molecule has 354 valence electrons. The van der Waals surface area contributed by atoms with Gasteiger partial charge in [0.1, 0.15) is 0 Å². The van der Waals surface area contributed by atoms with E-state index in [1.807, 2.05) is 12.4 Å².